The van der Waals surface area contributed by atoms with Crippen LogP contribution in [0.3, 0.4) is 0 Å². The standard InChI is InChI=1S/C13H17N3/c1-11-3-5-12(6-4-11)13-9-15-10-16(13)8-7-14-2/h3-6,9-10,14H,7-8H2,1-2H3. The molecule has 2 rings (SSSR count). The molecule has 0 amide bonds. The molecule has 0 aliphatic heterocycles. The number of aromatic nitrogens is 2. The number of hydrogen-bond acceptors (Lipinski definition) is 2. The Morgan fingerprint density at radius 3 is 2.69 bits per heavy atom. The normalized spacial score (nSPS) is 10.6. The Hall–Kier alpha value is -1.61. The van der Waals surface area contributed by atoms with Gasteiger partial charge in [-0.2, -0.15) is 0 Å². The molecule has 0 aliphatic rings. The summed E-state index contributed by atoms with van der Waals surface area (Å²) in [6, 6.07) is 8.54. The van der Waals surface area contributed by atoms with Gasteiger partial charge in [0.2, 0.25) is 0 Å². The van der Waals surface area contributed by atoms with E-state index in [-0.39, 0.29) is 0 Å². The Balaban J connectivity index is 2.26. The van der Waals surface area contributed by atoms with Crippen molar-refractivity contribution < 1.29 is 0 Å². The van der Waals surface area contributed by atoms with Crippen LogP contribution < -0.4 is 5.32 Å². The van der Waals surface area contributed by atoms with Crippen LogP contribution in [0.2, 0.25) is 0 Å². The van der Waals surface area contributed by atoms with Gasteiger partial charge in [0.15, 0.2) is 0 Å². The summed E-state index contributed by atoms with van der Waals surface area (Å²) in [5, 5.41) is 3.15. The predicted octanol–water partition coefficient (Wildman–Crippen LogP) is 2.08. The van der Waals surface area contributed by atoms with Crippen molar-refractivity contribution in [2.24, 2.45) is 0 Å². The van der Waals surface area contributed by atoms with Crippen LogP contribution in [0.4, 0.5) is 0 Å². The Morgan fingerprint density at radius 1 is 1.25 bits per heavy atom. The van der Waals surface area contributed by atoms with Crippen LogP contribution in [0.15, 0.2) is 36.8 Å². The highest BCUT2D eigenvalue weighted by Crippen LogP contribution is 2.19. The van der Waals surface area contributed by atoms with Gasteiger partial charge in [-0.1, -0.05) is 29.8 Å². The van der Waals surface area contributed by atoms with E-state index < -0.39 is 0 Å². The van der Waals surface area contributed by atoms with E-state index in [1.54, 1.807) is 0 Å². The fourth-order valence-electron chi connectivity index (χ4n) is 1.70. The molecule has 2 aromatic rings. The first-order valence-corrected chi connectivity index (χ1v) is 5.53. The number of imidazole rings is 1. The number of hydrogen-bond donors (Lipinski definition) is 1. The van der Waals surface area contributed by atoms with Crippen LogP contribution in [0.1, 0.15) is 5.56 Å². The van der Waals surface area contributed by atoms with Gasteiger partial charge in [-0.05, 0) is 19.5 Å². The average Bonchev–Trinajstić information content (AvgIpc) is 2.75. The molecule has 0 atom stereocenters. The number of likely N-dealkylation sites (N-methyl/N-ethyl adjacent to an activating group) is 1. The third-order valence-corrected chi connectivity index (χ3v) is 2.66. The maximum atomic E-state index is 4.21. The van der Waals surface area contributed by atoms with Gasteiger partial charge in [-0.15, -0.1) is 0 Å². The van der Waals surface area contributed by atoms with Gasteiger partial charge >= 0.3 is 0 Å². The van der Waals surface area contributed by atoms with Gasteiger partial charge < -0.3 is 9.88 Å². The molecule has 3 nitrogen and oxygen atoms in total. The molecule has 3 heteroatoms. The summed E-state index contributed by atoms with van der Waals surface area (Å²) in [6.07, 6.45) is 3.80. The first kappa shape index (κ1) is 10.9. The van der Waals surface area contributed by atoms with Crippen molar-refractivity contribution >= 4 is 0 Å². The lowest BCUT2D eigenvalue weighted by Gasteiger charge is -2.07. The highest BCUT2D eigenvalue weighted by atomic mass is 15.1. The van der Waals surface area contributed by atoms with Crippen molar-refractivity contribution in [3.8, 4) is 11.3 Å². The summed E-state index contributed by atoms with van der Waals surface area (Å²) in [4.78, 5) is 4.21. The molecule has 1 heterocycles. The first-order valence-electron chi connectivity index (χ1n) is 5.53. The molecule has 1 aromatic heterocycles. The smallest absolute Gasteiger partial charge is 0.0951 e. The maximum Gasteiger partial charge on any atom is 0.0951 e. The summed E-state index contributed by atoms with van der Waals surface area (Å²) in [5.74, 6) is 0. The quantitative estimate of drug-likeness (QED) is 0.846. The highest BCUT2D eigenvalue weighted by molar-refractivity contribution is 5.59. The molecule has 1 N–H and O–H groups in total. The minimum atomic E-state index is 0.944. The average molecular weight is 215 g/mol. The van der Waals surface area contributed by atoms with Crippen LogP contribution in [0.25, 0.3) is 11.3 Å². The van der Waals surface area contributed by atoms with Crippen molar-refractivity contribution in [3.05, 3.63) is 42.4 Å². The zero-order chi connectivity index (χ0) is 11.4. The molecule has 0 bridgehead atoms. The van der Waals surface area contributed by atoms with E-state index in [0.717, 1.165) is 13.1 Å². The van der Waals surface area contributed by atoms with E-state index in [1.165, 1.54) is 16.8 Å². The van der Waals surface area contributed by atoms with E-state index in [1.807, 2.05) is 19.6 Å². The van der Waals surface area contributed by atoms with Gasteiger partial charge in [0.05, 0.1) is 18.2 Å². The number of aryl methyl sites for hydroxylation is 1. The Bertz CT molecular complexity index is 442. The molecule has 84 valence electrons. The topological polar surface area (TPSA) is 29.9 Å². The largest absolute Gasteiger partial charge is 0.329 e. The Morgan fingerprint density at radius 2 is 2.00 bits per heavy atom. The molecule has 0 unspecified atom stereocenters. The molecular formula is C13H17N3. The lowest BCUT2D eigenvalue weighted by Crippen LogP contribution is -2.14. The van der Waals surface area contributed by atoms with Crippen LogP contribution in [-0.4, -0.2) is 23.1 Å². The lowest BCUT2D eigenvalue weighted by atomic mass is 10.1. The summed E-state index contributed by atoms with van der Waals surface area (Å²) in [7, 11) is 1.96. The predicted molar refractivity (Wildman–Crippen MR) is 66.3 cm³/mol. The number of rotatable bonds is 4. The van der Waals surface area contributed by atoms with Crippen molar-refractivity contribution in [2.75, 3.05) is 13.6 Å². The number of nitrogens with zero attached hydrogens (tertiary/aromatic N) is 2. The lowest BCUT2D eigenvalue weighted by molar-refractivity contribution is 0.648. The molecule has 0 spiro atoms. The molecule has 1 aromatic carbocycles. The van der Waals surface area contributed by atoms with E-state index in [9.17, 15) is 0 Å². The summed E-state index contributed by atoms with van der Waals surface area (Å²) < 4.78 is 2.17. The van der Waals surface area contributed by atoms with Crippen LogP contribution in [0.5, 0.6) is 0 Å². The second-order valence-electron chi connectivity index (χ2n) is 3.94. The highest BCUT2D eigenvalue weighted by Gasteiger charge is 2.03. The summed E-state index contributed by atoms with van der Waals surface area (Å²) in [5.41, 5.74) is 3.68. The molecule has 0 aliphatic carbocycles. The minimum absolute atomic E-state index is 0.944. The van der Waals surface area contributed by atoms with Crippen molar-refractivity contribution in [2.45, 2.75) is 13.5 Å². The SMILES string of the molecule is CNCCn1cncc1-c1ccc(C)cc1. The van der Waals surface area contributed by atoms with Crippen molar-refractivity contribution in [3.63, 3.8) is 0 Å². The van der Waals surface area contributed by atoms with E-state index in [0.29, 0.717) is 0 Å². The monoisotopic (exact) mass is 215 g/mol. The maximum absolute atomic E-state index is 4.21. The van der Waals surface area contributed by atoms with Gasteiger partial charge in [-0.25, -0.2) is 4.98 Å². The number of benzene rings is 1. The van der Waals surface area contributed by atoms with Gasteiger partial charge in [0, 0.05) is 13.1 Å². The third kappa shape index (κ3) is 2.31. The number of nitrogens with one attached hydrogen (secondary N) is 1. The second-order valence-corrected chi connectivity index (χ2v) is 3.94. The third-order valence-electron chi connectivity index (χ3n) is 2.66. The molecule has 16 heavy (non-hydrogen) atoms. The van der Waals surface area contributed by atoms with Crippen molar-refractivity contribution in [1.29, 1.82) is 0 Å². The van der Waals surface area contributed by atoms with Crippen LogP contribution in [-0.2, 0) is 6.54 Å². The Kier molecular flexibility index (Phi) is 3.37. The molecular weight excluding hydrogens is 198 g/mol. The van der Waals surface area contributed by atoms with Crippen LogP contribution in [0, 0.1) is 6.92 Å². The molecule has 0 radical (unpaired) electrons. The van der Waals surface area contributed by atoms with E-state index in [4.69, 9.17) is 0 Å². The van der Waals surface area contributed by atoms with Gasteiger partial charge in [0.25, 0.3) is 0 Å². The summed E-state index contributed by atoms with van der Waals surface area (Å²) in [6.45, 7) is 4.00. The zero-order valence-electron chi connectivity index (χ0n) is 9.77. The fourth-order valence-corrected chi connectivity index (χ4v) is 1.70. The second kappa shape index (κ2) is 4.94. The van der Waals surface area contributed by atoms with E-state index >= 15 is 0 Å². The first-order chi connectivity index (χ1) is 7.81. The fraction of sp³-hybridized carbons (Fsp3) is 0.308. The van der Waals surface area contributed by atoms with Gasteiger partial charge in [0.1, 0.15) is 0 Å². The molecule has 0 fully saturated rings. The summed E-state index contributed by atoms with van der Waals surface area (Å²) >= 11 is 0. The van der Waals surface area contributed by atoms with Gasteiger partial charge in [-0.3, -0.25) is 0 Å². The molecule has 0 saturated carbocycles. The zero-order valence-corrected chi connectivity index (χ0v) is 9.77. The van der Waals surface area contributed by atoms with Crippen LogP contribution >= 0.6 is 0 Å². The van der Waals surface area contributed by atoms with Crippen molar-refractivity contribution in [1.82, 2.24) is 14.9 Å². The van der Waals surface area contributed by atoms with E-state index in [2.05, 4.69) is 46.1 Å². The minimum Gasteiger partial charge on any atom is -0.329 e. The molecule has 0 saturated heterocycles. The Labute approximate surface area is 96.1 Å².